The average Bonchev–Trinajstić information content (AvgIpc) is 2.52. The third-order valence-electron chi connectivity index (χ3n) is 3.80. The van der Waals surface area contributed by atoms with Crippen LogP contribution in [0, 0.1) is 5.92 Å². The van der Waals surface area contributed by atoms with Gasteiger partial charge in [0, 0.05) is 11.1 Å². The third kappa shape index (κ3) is 6.19. The van der Waals surface area contributed by atoms with Crippen LogP contribution in [0.15, 0.2) is 28.7 Å². The van der Waals surface area contributed by atoms with Crippen LogP contribution in [0.3, 0.4) is 0 Å². The summed E-state index contributed by atoms with van der Waals surface area (Å²) in [6.45, 7) is 3.76. The van der Waals surface area contributed by atoms with Crippen molar-refractivity contribution in [2.75, 3.05) is 6.61 Å². The molecule has 1 unspecified atom stereocenters. The zero-order valence-corrected chi connectivity index (χ0v) is 15.0. The van der Waals surface area contributed by atoms with E-state index in [1.54, 1.807) is 0 Å². The number of carbonyl (C=O) groups is 2. The first kappa shape index (κ1) is 19.4. The van der Waals surface area contributed by atoms with Crippen LogP contribution in [0.25, 0.3) is 0 Å². The Morgan fingerprint density at radius 3 is 2.35 bits per heavy atom. The van der Waals surface area contributed by atoms with Gasteiger partial charge in [0.1, 0.15) is 6.04 Å². The first-order valence-corrected chi connectivity index (χ1v) is 8.41. The molecule has 0 aliphatic rings. The highest BCUT2D eigenvalue weighted by Gasteiger charge is 2.27. The van der Waals surface area contributed by atoms with E-state index >= 15 is 0 Å². The van der Waals surface area contributed by atoms with Crippen molar-refractivity contribution in [3.8, 4) is 0 Å². The van der Waals surface area contributed by atoms with Crippen molar-refractivity contribution in [2.24, 2.45) is 11.7 Å². The van der Waals surface area contributed by atoms with Gasteiger partial charge in [-0.05, 0) is 30.0 Å². The number of nitrogens with two attached hydrogens (primary N) is 1. The standard InChI is InChI=1S/C16H24BrN3O3/c1-3-10(2)14(20-16(18)23)15(22)19-13(8-9-21)11-4-6-12(17)7-5-11/h4-7,10,13-14,21H,3,8-9H2,1-2H3,(H,19,22)(H3,18,20,23)/t10-,13?,14-/m0/s1. The number of benzene rings is 1. The van der Waals surface area contributed by atoms with E-state index in [1.807, 2.05) is 38.1 Å². The van der Waals surface area contributed by atoms with Gasteiger partial charge in [-0.1, -0.05) is 48.3 Å². The van der Waals surface area contributed by atoms with Crippen molar-refractivity contribution in [1.29, 1.82) is 0 Å². The van der Waals surface area contributed by atoms with Crippen LogP contribution < -0.4 is 16.4 Å². The van der Waals surface area contributed by atoms with Gasteiger partial charge >= 0.3 is 6.03 Å². The molecule has 23 heavy (non-hydrogen) atoms. The fraction of sp³-hybridized carbons (Fsp3) is 0.500. The Morgan fingerprint density at radius 2 is 1.87 bits per heavy atom. The lowest BCUT2D eigenvalue weighted by atomic mass is 9.97. The lowest BCUT2D eigenvalue weighted by Gasteiger charge is -2.26. The number of aliphatic hydroxyl groups is 1. The quantitative estimate of drug-likeness (QED) is 0.550. The Kier molecular flexibility index (Phi) is 8.05. The van der Waals surface area contributed by atoms with Gasteiger partial charge in [-0.25, -0.2) is 4.79 Å². The molecular formula is C16H24BrN3O3. The third-order valence-corrected chi connectivity index (χ3v) is 4.33. The highest BCUT2D eigenvalue weighted by molar-refractivity contribution is 9.10. The van der Waals surface area contributed by atoms with Crippen molar-refractivity contribution in [1.82, 2.24) is 10.6 Å². The molecule has 1 aromatic carbocycles. The Balaban J connectivity index is 2.89. The molecule has 0 radical (unpaired) electrons. The van der Waals surface area contributed by atoms with E-state index in [0.717, 1.165) is 16.5 Å². The summed E-state index contributed by atoms with van der Waals surface area (Å²) in [7, 11) is 0. The summed E-state index contributed by atoms with van der Waals surface area (Å²) in [4.78, 5) is 23.7. The molecule has 1 rings (SSSR count). The summed E-state index contributed by atoms with van der Waals surface area (Å²) in [5.74, 6) is -0.360. The Morgan fingerprint density at radius 1 is 1.26 bits per heavy atom. The number of aliphatic hydroxyl groups excluding tert-OH is 1. The van der Waals surface area contributed by atoms with E-state index in [-0.39, 0.29) is 24.5 Å². The van der Waals surface area contributed by atoms with E-state index in [2.05, 4.69) is 26.6 Å². The van der Waals surface area contributed by atoms with Crippen molar-refractivity contribution in [3.63, 3.8) is 0 Å². The summed E-state index contributed by atoms with van der Waals surface area (Å²) in [5, 5.41) is 14.6. The van der Waals surface area contributed by atoms with E-state index in [1.165, 1.54) is 0 Å². The number of halogens is 1. The van der Waals surface area contributed by atoms with Gasteiger partial charge in [-0.2, -0.15) is 0 Å². The SMILES string of the molecule is CC[C@H](C)[C@H](NC(N)=O)C(=O)NC(CCO)c1ccc(Br)cc1. The van der Waals surface area contributed by atoms with Crippen molar-refractivity contribution < 1.29 is 14.7 Å². The van der Waals surface area contributed by atoms with Crippen LogP contribution in [-0.4, -0.2) is 29.7 Å². The van der Waals surface area contributed by atoms with E-state index in [0.29, 0.717) is 6.42 Å². The second kappa shape index (κ2) is 9.52. The van der Waals surface area contributed by atoms with Gasteiger partial charge in [-0.3, -0.25) is 4.79 Å². The highest BCUT2D eigenvalue weighted by atomic mass is 79.9. The Bertz CT molecular complexity index is 522. The summed E-state index contributed by atoms with van der Waals surface area (Å²) >= 11 is 3.37. The first-order chi connectivity index (χ1) is 10.9. The van der Waals surface area contributed by atoms with Crippen molar-refractivity contribution >= 4 is 27.9 Å². The van der Waals surface area contributed by atoms with Crippen LogP contribution in [0.5, 0.6) is 0 Å². The van der Waals surface area contributed by atoms with Crippen LogP contribution in [0.2, 0.25) is 0 Å². The Hall–Kier alpha value is -1.60. The molecule has 0 heterocycles. The minimum absolute atomic E-state index is 0.0535. The topological polar surface area (TPSA) is 104 Å². The molecule has 0 fully saturated rings. The van der Waals surface area contributed by atoms with Crippen LogP contribution in [0.1, 0.15) is 38.3 Å². The molecule has 0 spiro atoms. The molecule has 3 atom stereocenters. The highest BCUT2D eigenvalue weighted by Crippen LogP contribution is 2.20. The molecular weight excluding hydrogens is 362 g/mol. The van der Waals surface area contributed by atoms with Gasteiger partial charge in [0.2, 0.25) is 5.91 Å². The minimum Gasteiger partial charge on any atom is -0.396 e. The van der Waals surface area contributed by atoms with E-state index in [4.69, 9.17) is 5.73 Å². The monoisotopic (exact) mass is 385 g/mol. The zero-order chi connectivity index (χ0) is 17.4. The second-order valence-corrected chi connectivity index (χ2v) is 6.41. The number of hydrogen-bond donors (Lipinski definition) is 4. The van der Waals surface area contributed by atoms with Crippen LogP contribution in [-0.2, 0) is 4.79 Å². The molecule has 1 aromatic rings. The minimum atomic E-state index is -0.729. The molecule has 0 aliphatic heterocycles. The van der Waals surface area contributed by atoms with Gasteiger partial charge < -0.3 is 21.5 Å². The summed E-state index contributed by atoms with van der Waals surface area (Å²) in [6, 6.07) is 5.75. The number of urea groups is 1. The second-order valence-electron chi connectivity index (χ2n) is 5.50. The number of primary amides is 1. The maximum absolute atomic E-state index is 12.5. The van der Waals surface area contributed by atoms with Gasteiger partial charge in [0.25, 0.3) is 0 Å². The van der Waals surface area contributed by atoms with E-state index < -0.39 is 12.1 Å². The zero-order valence-electron chi connectivity index (χ0n) is 13.4. The van der Waals surface area contributed by atoms with Gasteiger partial charge in [0.15, 0.2) is 0 Å². The molecule has 5 N–H and O–H groups in total. The fourth-order valence-corrected chi connectivity index (χ4v) is 2.53. The maximum atomic E-state index is 12.5. The molecule has 0 saturated heterocycles. The van der Waals surface area contributed by atoms with Crippen molar-refractivity contribution in [3.05, 3.63) is 34.3 Å². The predicted octanol–water partition coefficient (Wildman–Crippen LogP) is 2.07. The number of carbonyl (C=O) groups excluding carboxylic acids is 2. The van der Waals surface area contributed by atoms with Crippen LogP contribution >= 0.6 is 15.9 Å². The molecule has 0 bridgehead atoms. The number of hydrogen-bond acceptors (Lipinski definition) is 3. The first-order valence-electron chi connectivity index (χ1n) is 7.61. The smallest absolute Gasteiger partial charge is 0.312 e. The summed E-state index contributed by atoms with van der Waals surface area (Å²) in [5.41, 5.74) is 6.05. The number of amides is 3. The summed E-state index contributed by atoms with van der Waals surface area (Å²) in [6.07, 6.45) is 1.11. The number of rotatable bonds is 8. The number of nitrogens with one attached hydrogen (secondary N) is 2. The van der Waals surface area contributed by atoms with Gasteiger partial charge in [0.05, 0.1) is 6.04 Å². The van der Waals surface area contributed by atoms with Crippen LogP contribution in [0.4, 0.5) is 4.79 Å². The molecule has 0 saturated carbocycles. The molecule has 7 heteroatoms. The largest absolute Gasteiger partial charge is 0.396 e. The summed E-state index contributed by atoms with van der Waals surface area (Å²) < 4.78 is 0.934. The Labute approximate surface area is 145 Å². The van der Waals surface area contributed by atoms with Crippen molar-refractivity contribution in [2.45, 2.75) is 38.8 Å². The lowest BCUT2D eigenvalue weighted by Crippen LogP contribution is -2.52. The molecule has 0 aromatic heterocycles. The molecule has 0 aliphatic carbocycles. The normalized spacial score (nSPS) is 14.6. The molecule has 6 nitrogen and oxygen atoms in total. The average molecular weight is 386 g/mol. The molecule has 3 amide bonds. The van der Waals surface area contributed by atoms with Gasteiger partial charge in [-0.15, -0.1) is 0 Å². The predicted molar refractivity (Wildman–Crippen MR) is 92.7 cm³/mol. The van der Waals surface area contributed by atoms with E-state index in [9.17, 15) is 14.7 Å². The lowest BCUT2D eigenvalue weighted by molar-refractivity contribution is -0.124. The molecule has 128 valence electrons. The maximum Gasteiger partial charge on any atom is 0.312 e. The fourth-order valence-electron chi connectivity index (χ4n) is 2.26.